The van der Waals surface area contributed by atoms with Crippen molar-refractivity contribution in [3.63, 3.8) is 0 Å². The van der Waals surface area contributed by atoms with Gasteiger partial charge in [0.05, 0.1) is 23.3 Å². The third-order valence-electron chi connectivity index (χ3n) is 2.21. The van der Waals surface area contributed by atoms with E-state index in [-0.39, 0.29) is 11.4 Å². The summed E-state index contributed by atoms with van der Waals surface area (Å²) in [5, 5.41) is 2.77. The maximum Gasteiger partial charge on any atom is 0.573 e. The topological polar surface area (TPSA) is 60.2 Å². The molecule has 0 saturated carbocycles. The molecule has 106 valence electrons. The third-order valence-corrected chi connectivity index (χ3v) is 2.70. The molecule has 0 amide bonds. The van der Waals surface area contributed by atoms with Crippen molar-refractivity contribution < 1.29 is 17.9 Å². The number of aromatic nitrogens is 1. The fraction of sp³-hybridized carbons (Fsp3) is 0.0833. The van der Waals surface area contributed by atoms with Crippen LogP contribution in [0, 0.1) is 0 Å². The molecular formula is C12H9BrF3N3O. The number of anilines is 3. The van der Waals surface area contributed by atoms with Crippen molar-refractivity contribution in [1.29, 1.82) is 0 Å². The molecule has 20 heavy (non-hydrogen) atoms. The van der Waals surface area contributed by atoms with E-state index in [0.29, 0.717) is 15.8 Å². The van der Waals surface area contributed by atoms with E-state index in [9.17, 15) is 13.2 Å². The second kappa shape index (κ2) is 5.58. The summed E-state index contributed by atoms with van der Waals surface area (Å²) < 4.78 is 41.5. The van der Waals surface area contributed by atoms with Crippen LogP contribution in [0.3, 0.4) is 0 Å². The summed E-state index contributed by atoms with van der Waals surface area (Å²) >= 11 is 3.09. The zero-order chi connectivity index (χ0) is 14.8. The molecule has 1 heterocycles. The lowest BCUT2D eigenvalue weighted by molar-refractivity contribution is -0.274. The van der Waals surface area contributed by atoms with Crippen LogP contribution in [0.4, 0.5) is 30.2 Å². The van der Waals surface area contributed by atoms with Crippen molar-refractivity contribution in [3.05, 3.63) is 41.1 Å². The smallest absolute Gasteiger partial charge is 0.404 e. The van der Waals surface area contributed by atoms with E-state index >= 15 is 0 Å². The predicted octanol–water partition coefficient (Wildman–Crippen LogP) is 4.07. The average molecular weight is 348 g/mol. The van der Waals surface area contributed by atoms with Crippen molar-refractivity contribution in [1.82, 2.24) is 4.98 Å². The monoisotopic (exact) mass is 347 g/mol. The first-order valence-corrected chi connectivity index (χ1v) is 6.15. The van der Waals surface area contributed by atoms with Crippen molar-refractivity contribution in [3.8, 4) is 5.75 Å². The van der Waals surface area contributed by atoms with Gasteiger partial charge < -0.3 is 15.8 Å². The lowest BCUT2D eigenvalue weighted by Gasteiger charge is -2.15. The van der Waals surface area contributed by atoms with Gasteiger partial charge in [0.25, 0.3) is 0 Å². The summed E-state index contributed by atoms with van der Waals surface area (Å²) in [5.74, 6) is -0.353. The number of nitrogens with zero attached hydrogens (tertiary/aromatic N) is 1. The molecule has 1 aromatic carbocycles. The predicted molar refractivity (Wildman–Crippen MR) is 72.8 cm³/mol. The van der Waals surface area contributed by atoms with Crippen LogP contribution in [0.5, 0.6) is 5.75 Å². The van der Waals surface area contributed by atoms with E-state index in [0.717, 1.165) is 0 Å². The number of alkyl halides is 3. The fourth-order valence-electron chi connectivity index (χ4n) is 1.49. The van der Waals surface area contributed by atoms with Crippen LogP contribution in [0.1, 0.15) is 0 Å². The van der Waals surface area contributed by atoms with Gasteiger partial charge in [0.2, 0.25) is 0 Å². The summed E-state index contributed by atoms with van der Waals surface area (Å²) in [7, 11) is 0. The Morgan fingerprint density at radius 1 is 1.20 bits per heavy atom. The van der Waals surface area contributed by atoms with Gasteiger partial charge in [-0.15, -0.1) is 13.2 Å². The molecule has 0 aliphatic carbocycles. The van der Waals surface area contributed by atoms with Crippen molar-refractivity contribution in [2.24, 2.45) is 0 Å². The van der Waals surface area contributed by atoms with Crippen LogP contribution in [0.15, 0.2) is 41.1 Å². The molecule has 0 unspecified atom stereocenters. The quantitative estimate of drug-likeness (QED) is 0.878. The fourth-order valence-corrected chi connectivity index (χ4v) is 1.83. The Morgan fingerprint density at radius 3 is 2.60 bits per heavy atom. The number of halogens is 4. The molecule has 1 aromatic heterocycles. The Hall–Kier alpha value is -1.96. The van der Waals surface area contributed by atoms with Crippen LogP contribution in [-0.2, 0) is 0 Å². The number of nitrogens with two attached hydrogens (primary N) is 1. The molecule has 2 aromatic rings. The molecule has 0 aliphatic heterocycles. The number of pyridine rings is 1. The van der Waals surface area contributed by atoms with Crippen molar-refractivity contribution in [2.75, 3.05) is 11.1 Å². The molecule has 2 rings (SSSR count). The SMILES string of the molecule is Nc1cncc(Nc2ccc(Br)cc2OC(F)(F)F)c1. The maximum atomic E-state index is 12.4. The highest BCUT2D eigenvalue weighted by Crippen LogP contribution is 2.34. The van der Waals surface area contributed by atoms with E-state index in [2.05, 4.69) is 31.0 Å². The normalized spacial score (nSPS) is 11.2. The van der Waals surface area contributed by atoms with Crippen molar-refractivity contribution >= 4 is 33.0 Å². The molecule has 0 saturated heterocycles. The van der Waals surface area contributed by atoms with Crippen LogP contribution in [0.25, 0.3) is 0 Å². The second-order valence-electron chi connectivity index (χ2n) is 3.82. The lowest BCUT2D eigenvalue weighted by atomic mass is 10.2. The number of ether oxygens (including phenoxy) is 1. The molecule has 0 spiro atoms. The van der Waals surface area contributed by atoms with Gasteiger partial charge in [0.1, 0.15) is 0 Å². The minimum Gasteiger partial charge on any atom is -0.404 e. The van der Waals surface area contributed by atoms with Gasteiger partial charge in [-0.25, -0.2) is 0 Å². The highest BCUT2D eigenvalue weighted by Gasteiger charge is 2.32. The van der Waals surface area contributed by atoms with Gasteiger partial charge in [-0.05, 0) is 24.3 Å². The van der Waals surface area contributed by atoms with Gasteiger partial charge in [0, 0.05) is 10.7 Å². The first kappa shape index (κ1) is 14.4. The van der Waals surface area contributed by atoms with Crippen molar-refractivity contribution in [2.45, 2.75) is 6.36 Å². The number of nitrogens with one attached hydrogen (secondary N) is 1. The average Bonchev–Trinajstić information content (AvgIpc) is 2.31. The summed E-state index contributed by atoms with van der Waals surface area (Å²) in [6.07, 6.45) is -1.90. The zero-order valence-corrected chi connectivity index (χ0v) is 11.5. The Labute approximate surface area is 120 Å². The molecule has 4 nitrogen and oxygen atoms in total. The lowest BCUT2D eigenvalue weighted by Crippen LogP contribution is -2.18. The van der Waals surface area contributed by atoms with E-state index in [1.165, 1.54) is 24.5 Å². The number of hydrogen-bond donors (Lipinski definition) is 2. The summed E-state index contributed by atoms with van der Waals surface area (Å²) in [5.41, 5.74) is 6.56. The van der Waals surface area contributed by atoms with Gasteiger partial charge in [-0.3, -0.25) is 4.98 Å². The van der Waals surface area contributed by atoms with Crippen LogP contribution in [-0.4, -0.2) is 11.3 Å². The number of hydrogen-bond acceptors (Lipinski definition) is 4. The Balaban J connectivity index is 2.31. The zero-order valence-electron chi connectivity index (χ0n) is 9.91. The van der Waals surface area contributed by atoms with Crippen LogP contribution in [0.2, 0.25) is 0 Å². The summed E-state index contributed by atoms with van der Waals surface area (Å²) in [6.45, 7) is 0. The highest BCUT2D eigenvalue weighted by atomic mass is 79.9. The highest BCUT2D eigenvalue weighted by molar-refractivity contribution is 9.10. The standard InChI is InChI=1S/C12H9BrF3N3O/c13-7-1-2-10(11(3-7)20-12(14,15)16)19-9-4-8(17)5-18-6-9/h1-6,19H,17H2. The molecular weight excluding hydrogens is 339 g/mol. The second-order valence-corrected chi connectivity index (χ2v) is 4.74. The minimum atomic E-state index is -4.77. The largest absolute Gasteiger partial charge is 0.573 e. The molecule has 0 fully saturated rings. The van der Waals surface area contributed by atoms with Gasteiger partial charge >= 0.3 is 6.36 Å². The first-order valence-electron chi connectivity index (χ1n) is 5.36. The van der Waals surface area contributed by atoms with Gasteiger partial charge in [0.15, 0.2) is 5.75 Å². The molecule has 0 atom stereocenters. The Kier molecular flexibility index (Phi) is 4.03. The summed E-state index contributed by atoms with van der Waals surface area (Å²) in [6, 6.07) is 5.81. The molecule has 8 heteroatoms. The first-order chi connectivity index (χ1) is 9.33. The molecule has 0 aliphatic rings. The van der Waals surface area contributed by atoms with Gasteiger partial charge in [-0.1, -0.05) is 15.9 Å². The van der Waals surface area contributed by atoms with Crippen LogP contribution >= 0.6 is 15.9 Å². The van der Waals surface area contributed by atoms with E-state index < -0.39 is 6.36 Å². The minimum absolute atomic E-state index is 0.151. The maximum absolute atomic E-state index is 12.4. The third kappa shape index (κ3) is 4.02. The summed E-state index contributed by atoms with van der Waals surface area (Å²) in [4.78, 5) is 3.84. The van der Waals surface area contributed by atoms with Crippen LogP contribution < -0.4 is 15.8 Å². The number of benzene rings is 1. The Bertz CT molecular complexity index is 619. The number of rotatable bonds is 3. The molecule has 0 radical (unpaired) electrons. The van der Waals surface area contributed by atoms with E-state index in [1.54, 1.807) is 12.1 Å². The van der Waals surface area contributed by atoms with Gasteiger partial charge in [-0.2, -0.15) is 0 Å². The molecule has 0 bridgehead atoms. The Morgan fingerprint density at radius 2 is 1.95 bits per heavy atom. The van der Waals surface area contributed by atoms with E-state index in [1.807, 2.05) is 0 Å². The number of nitrogen functional groups attached to an aromatic ring is 1. The van der Waals surface area contributed by atoms with E-state index in [4.69, 9.17) is 5.73 Å². The molecule has 3 N–H and O–H groups in total.